The number of hydrogen-bond donors (Lipinski definition) is 2. The third-order valence-electron chi connectivity index (χ3n) is 2.66. The highest BCUT2D eigenvalue weighted by molar-refractivity contribution is 7.93. The molecule has 1 aromatic carbocycles. The van der Waals surface area contributed by atoms with Crippen LogP contribution in [0.1, 0.15) is 32.3 Å². The quantitative estimate of drug-likeness (QED) is 0.835. The van der Waals surface area contributed by atoms with Crippen molar-refractivity contribution in [3.63, 3.8) is 0 Å². The normalized spacial score (nSPS) is 13.6. The van der Waals surface area contributed by atoms with Crippen molar-refractivity contribution in [1.29, 1.82) is 0 Å². The number of aliphatic hydroxyl groups excluding tert-OH is 1. The number of aryl methyl sites for hydroxylation is 1. The zero-order chi connectivity index (χ0) is 13.8. The smallest absolute Gasteiger partial charge is 0.259 e. The van der Waals surface area contributed by atoms with Crippen LogP contribution in [0, 0.1) is 12.8 Å². The van der Waals surface area contributed by atoms with Crippen LogP contribution < -0.4 is 4.72 Å². The molecule has 0 bridgehead atoms. The molecule has 0 fully saturated rings. The van der Waals surface area contributed by atoms with Crippen molar-refractivity contribution in [1.82, 2.24) is 0 Å². The van der Waals surface area contributed by atoms with Crippen molar-refractivity contribution in [2.24, 2.45) is 5.92 Å². The predicted octanol–water partition coefficient (Wildman–Crippen LogP) is 2.49. The van der Waals surface area contributed by atoms with Gasteiger partial charge in [-0.1, -0.05) is 31.5 Å². The average molecular weight is 271 g/mol. The molecule has 0 unspecified atom stereocenters. The summed E-state index contributed by atoms with van der Waals surface area (Å²) in [7, 11) is -3.72. The SMILES string of the molecule is Cc1ccc(NS(=O)(=O)[C@H](O)CCC(C)C)cc1. The van der Waals surface area contributed by atoms with Gasteiger partial charge in [0.05, 0.1) is 0 Å². The summed E-state index contributed by atoms with van der Waals surface area (Å²) in [6.45, 7) is 5.91. The summed E-state index contributed by atoms with van der Waals surface area (Å²) in [6.07, 6.45) is 0.925. The average Bonchev–Trinajstić information content (AvgIpc) is 2.28. The van der Waals surface area contributed by atoms with Gasteiger partial charge in [-0.25, -0.2) is 8.42 Å². The molecule has 0 aliphatic carbocycles. The molecule has 1 aromatic rings. The number of aliphatic hydroxyl groups is 1. The molecule has 0 amide bonds. The van der Waals surface area contributed by atoms with Crippen LogP contribution in [0.4, 0.5) is 5.69 Å². The lowest BCUT2D eigenvalue weighted by Gasteiger charge is -2.15. The number of anilines is 1. The molecule has 0 aliphatic heterocycles. The van der Waals surface area contributed by atoms with Gasteiger partial charge in [0.15, 0.2) is 5.44 Å². The molecule has 0 aliphatic rings. The van der Waals surface area contributed by atoms with Gasteiger partial charge >= 0.3 is 0 Å². The van der Waals surface area contributed by atoms with Crippen molar-refractivity contribution in [2.75, 3.05) is 4.72 Å². The lowest BCUT2D eigenvalue weighted by molar-refractivity contribution is 0.229. The van der Waals surface area contributed by atoms with Gasteiger partial charge in [-0.3, -0.25) is 4.72 Å². The zero-order valence-electron chi connectivity index (χ0n) is 11.1. The first-order chi connectivity index (χ1) is 8.31. The Morgan fingerprint density at radius 3 is 2.22 bits per heavy atom. The van der Waals surface area contributed by atoms with Crippen LogP contribution in [0.3, 0.4) is 0 Å². The van der Waals surface area contributed by atoms with Gasteiger partial charge in [0, 0.05) is 5.69 Å². The summed E-state index contributed by atoms with van der Waals surface area (Å²) >= 11 is 0. The van der Waals surface area contributed by atoms with E-state index in [1.165, 1.54) is 0 Å². The maximum Gasteiger partial charge on any atom is 0.259 e. The molecular weight excluding hydrogens is 250 g/mol. The van der Waals surface area contributed by atoms with Crippen LogP contribution >= 0.6 is 0 Å². The second kappa shape index (κ2) is 6.20. The fourth-order valence-electron chi connectivity index (χ4n) is 1.48. The molecule has 4 nitrogen and oxygen atoms in total. The molecule has 5 heteroatoms. The van der Waals surface area contributed by atoms with Crippen molar-refractivity contribution in [3.8, 4) is 0 Å². The van der Waals surface area contributed by atoms with E-state index in [1.54, 1.807) is 12.1 Å². The van der Waals surface area contributed by atoms with E-state index in [0.717, 1.165) is 5.56 Å². The van der Waals surface area contributed by atoms with E-state index in [2.05, 4.69) is 4.72 Å². The van der Waals surface area contributed by atoms with Crippen molar-refractivity contribution >= 4 is 15.7 Å². The van der Waals surface area contributed by atoms with Gasteiger partial charge in [0.25, 0.3) is 10.0 Å². The minimum absolute atomic E-state index is 0.249. The highest BCUT2D eigenvalue weighted by atomic mass is 32.2. The highest BCUT2D eigenvalue weighted by Crippen LogP contribution is 2.16. The first-order valence-corrected chi connectivity index (χ1v) is 7.62. The van der Waals surface area contributed by atoms with Crippen LogP contribution in [0.25, 0.3) is 0 Å². The Kier molecular flexibility index (Phi) is 5.16. The minimum Gasteiger partial charge on any atom is -0.375 e. The van der Waals surface area contributed by atoms with Crippen molar-refractivity contribution in [3.05, 3.63) is 29.8 Å². The maximum atomic E-state index is 11.8. The molecule has 2 N–H and O–H groups in total. The number of nitrogens with one attached hydrogen (secondary N) is 1. The van der Waals surface area contributed by atoms with E-state index in [1.807, 2.05) is 32.9 Å². The Labute approximate surface area is 109 Å². The highest BCUT2D eigenvalue weighted by Gasteiger charge is 2.22. The number of benzene rings is 1. The Morgan fingerprint density at radius 1 is 1.17 bits per heavy atom. The topological polar surface area (TPSA) is 66.4 Å². The van der Waals surface area contributed by atoms with E-state index >= 15 is 0 Å². The molecule has 0 aromatic heterocycles. The molecule has 18 heavy (non-hydrogen) atoms. The van der Waals surface area contributed by atoms with Gasteiger partial charge in [-0.05, 0) is 37.8 Å². The van der Waals surface area contributed by atoms with Crippen LogP contribution in [-0.4, -0.2) is 19.0 Å². The lowest BCUT2D eigenvalue weighted by Crippen LogP contribution is -2.27. The van der Waals surface area contributed by atoms with E-state index < -0.39 is 15.5 Å². The molecule has 102 valence electrons. The van der Waals surface area contributed by atoms with Gasteiger partial charge < -0.3 is 5.11 Å². The van der Waals surface area contributed by atoms with Gasteiger partial charge in [0.2, 0.25) is 0 Å². The first kappa shape index (κ1) is 15.0. The monoisotopic (exact) mass is 271 g/mol. The van der Waals surface area contributed by atoms with Crippen LogP contribution in [0.5, 0.6) is 0 Å². The second-order valence-electron chi connectivity index (χ2n) is 4.94. The number of rotatable bonds is 6. The predicted molar refractivity (Wildman–Crippen MR) is 73.8 cm³/mol. The number of sulfonamides is 1. The van der Waals surface area contributed by atoms with E-state index in [4.69, 9.17) is 0 Å². The standard InChI is InChI=1S/C13H21NO3S/c1-10(2)4-9-13(15)18(16,17)14-12-7-5-11(3)6-8-12/h5-8,10,13-15H,4,9H2,1-3H3/t13-/m0/s1. The molecule has 0 saturated carbocycles. The summed E-state index contributed by atoms with van der Waals surface area (Å²) in [5, 5.41) is 9.69. The summed E-state index contributed by atoms with van der Waals surface area (Å²) in [4.78, 5) is 0. The molecule has 1 atom stereocenters. The maximum absolute atomic E-state index is 11.8. The van der Waals surface area contributed by atoms with Crippen molar-refractivity contribution < 1.29 is 13.5 Å². The Balaban J connectivity index is 2.66. The summed E-state index contributed by atoms with van der Waals surface area (Å²) in [5.74, 6) is 0.370. The summed E-state index contributed by atoms with van der Waals surface area (Å²) in [5.41, 5.74) is 0.170. The summed E-state index contributed by atoms with van der Waals surface area (Å²) in [6, 6.07) is 7.00. The molecule has 0 saturated heterocycles. The van der Waals surface area contributed by atoms with Gasteiger partial charge in [0.1, 0.15) is 0 Å². The van der Waals surface area contributed by atoms with E-state index in [-0.39, 0.29) is 6.42 Å². The fraction of sp³-hybridized carbons (Fsp3) is 0.538. The molecule has 0 radical (unpaired) electrons. The van der Waals surface area contributed by atoms with E-state index in [9.17, 15) is 13.5 Å². The Bertz CT molecular complexity index is 466. The van der Waals surface area contributed by atoms with Crippen LogP contribution in [-0.2, 0) is 10.0 Å². The second-order valence-corrected chi connectivity index (χ2v) is 6.78. The summed E-state index contributed by atoms with van der Waals surface area (Å²) < 4.78 is 26.1. The fourth-order valence-corrected chi connectivity index (χ4v) is 2.53. The molecular formula is C13H21NO3S. The van der Waals surface area contributed by atoms with Gasteiger partial charge in [-0.15, -0.1) is 0 Å². The lowest BCUT2D eigenvalue weighted by atomic mass is 10.1. The molecule has 1 rings (SSSR count). The first-order valence-electron chi connectivity index (χ1n) is 6.07. The molecule has 0 spiro atoms. The minimum atomic E-state index is -3.72. The third kappa shape index (κ3) is 4.66. The zero-order valence-corrected chi connectivity index (χ0v) is 11.9. The van der Waals surface area contributed by atoms with E-state index in [0.29, 0.717) is 18.0 Å². The van der Waals surface area contributed by atoms with Gasteiger partial charge in [-0.2, -0.15) is 0 Å². The van der Waals surface area contributed by atoms with Crippen LogP contribution in [0.15, 0.2) is 24.3 Å². The Morgan fingerprint density at radius 2 is 1.72 bits per heavy atom. The molecule has 0 heterocycles. The largest absolute Gasteiger partial charge is 0.375 e. The number of hydrogen-bond acceptors (Lipinski definition) is 3. The van der Waals surface area contributed by atoms with Crippen molar-refractivity contribution in [2.45, 2.75) is 39.0 Å². The Hall–Kier alpha value is -1.07. The van der Waals surface area contributed by atoms with Crippen LogP contribution in [0.2, 0.25) is 0 Å². The third-order valence-corrected chi connectivity index (χ3v) is 4.13.